The van der Waals surface area contributed by atoms with Crippen molar-refractivity contribution >= 4 is 18.3 Å². The van der Waals surface area contributed by atoms with E-state index in [1.807, 2.05) is 0 Å². The molecule has 1 fully saturated rings. The van der Waals surface area contributed by atoms with Crippen molar-refractivity contribution in [2.75, 3.05) is 11.9 Å². The number of unbranched alkanes of at least 4 members (excludes halogenated alkanes) is 3. The molecule has 1 aliphatic heterocycles. The molecule has 2 aromatic carbocycles. The highest BCUT2D eigenvalue weighted by molar-refractivity contribution is 6.62. The van der Waals surface area contributed by atoms with E-state index in [2.05, 4.69) is 88.5 Å². The molecule has 0 saturated carbocycles. The standard InChI is InChI=1S/C24H34BNO2/c1-6-7-8-11-17-26-22-16-10-9-15-21(22)19-13-12-14-20(18-19)25-27-23(2,3)24(4,5)28-25/h9-10,12-16,18,26H,6-8,11,17H2,1-5H3. The van der Waals surface area contributed by atoms with E-state index >= 15 is 0 Å². The fourth-order valence-corrected chi connectivity index (χ4v) is 3.50. The summed E-state index contributed by atoms with van der Waals surface area (Å²) in [4.78, 5) is 0. The zero-order chi connectivity index (χ0) is 20.2. The van der Waals surface area contributed by atoms with Gasteiger partial charge >= 0.3 is 7.12 Å². The topological polar surface area (TPSA) is 30.5 Å². The monoisotopic (exact) mass is 379 g/mol. The third-order valence-electron chi connectivity index (χ3n) is 6.00. The van der Waals surface area contributed by atoms with Gasteiger partial charge in [0, 0.05) is 17.8 Å². The summed E-state index contributed by atoms with van der Waals surface area (Å²) in [5, 5.41) is 3.62. The van der Waals surface area contributed by atoms with E-state index in [0.717, 1.165) is 12.0 Å². The molecule has 0 aromatic heterocycles. The Morgan fingerprint density at radius 2 is 1.57 bits per heavy atom. The molecule has 0 amide bonds. The highest BCUT2D eigenvalue weighted by atomic mass is 16.7. The van der Waals surface area contributed by atoms with Gasteiger partial charge in [0.15, 0.2) is 0 Å². The number of para-hydroxylation sites is 1. The Hall–Kier alpha value is -1.78. The van der Waals surface area contributed by atoms with Gasteiger partial charge in [0.1, 0.15) is 0 Å². The van der Waals surface area contributed by atoms with Crippen LogP contribution >= 0.6 is 0 Å². The third kappa shape index (κ3) is 4.61. The van der Waals surface area contributed by atoms with Crippen molar-refractivity contribution < 1.29 is 9.31 Å². The van der Waals surface area contributed by atoms with Crippen LogP contribution in [0.3, 0.4) is 0 Å². The van der Waals surface area contributed by atoms with E-state index in [4.69, 9.17) is 9.31 Å². The molecule has 1 heterocycles. The number of nitrogens with one attached hydrogen (secondary N) is 1. The second-order valence-electron chi connectivity index (χ2n) is 8.75. The van der Waals surface area contributed by atoms with Crippen molar-refractivity contribution in [3.63, 3.8) is 0 Å². The molecule has 0 spiro atoms. The van der Waals surface area contributed by atoms with Crippen molar-refractivity contribution in [2.24, 2.45) is 0 Å². The Balaban J connectivity index is 1.78. The van der Waals surface area contributed by atoms with Crippen LogP contribution in [0.15, 0.2) is 48.5 Å². The van der Waals surface area contributed by atoms with Crippen LogP contribution in [-0.4, -0.2) is 24.9 Å². The highest BCUT2D eigenvalue weighted by Gasteiger charge is 2.51. The van der Waals surface area contributed by atoms with Crippen molar-refractivity contribution in [2.45, 2.75) is 71.5 Å². The Bertz CT molecular complexity index is 772. The molecule has 2 aromatic rings. The van der Waals surface area contributed by atoms with Crippen molar-refractivity contribution in [3.05, 3.63) is 48.5 Å². The third-order valence-corrected chi connectivity index (χ3v) is 6.00. The Morgan fingerprint density at radius 3 is 2.29 bits per heavy atom. The average molecular weight is 379 g/mol. The van der Waals surface area contributed by atoms with Crippen molar-refractivity contribution in [3.8, 4) is 11.1 Å². The quantitative estimate of drug-likeness (QED) is 0.475. The minimum Gasteiger partial charge on any atom is -0.399 e. The minimum absolute atomic E-state index is 0.328. The van der Waals surface area contributed by atoms with Crippen LogP contribution < -0.4 is 10.8 Å². The molecule has 0 radical (unpaired) electrons. The fourth-order valence-electron chi connectivity index (χ4n) is 3.50. The summed E-state index contributed by atoms with van der Waals surface area (Å²) in [6, 6.07) is 17.1. The largest absolute Gasteiger partial charge is 0.494 e. The van der Waals surface area contributed by atoms with E-state index in [9.17, 15) is 0 Å². The lowest BCUT2D eigenvalue weighted by molar-refractivity contribution is 0.00578. The number of hydrogen-bond acceptors (Lipinski definition) is 3. The Morgan fingerprint density at radius 1 is 0.857 bits per heavy atom. The van der Waals surface area contributed by atoms with E-state index in [1.54, 1.807) is 0 Å². The van der Waals surface area contributed by atoms with Gasteiger partial charge in [-0.2, -0.15) is 0 Å². The molecule has 1 aliphatic rings. The lowest BCUT2D eigenvalue weighted by Crippen LogP contribution is -2.41. The Kier molecular flexibility index (Phi) is 6.52. The second-order valence-corrected chi connectivity index (χ2v) is 8.75. The van der Waals surface area contributed by atoms with Crippen LogP contribution in [-0.2, 0) is 9.31 Å². The number of anilines is 1. The zero-order valence-electron chi connectivity index (χ0n) is 18.0. The summed E-state index contributed by atoms with van der Waals surface area (Å²) in [6.45, 7) is 11.6. The van der Waals surface area contributed by atoms with E-state index in [1.165, 1.54) is 42.5 Å². The zero-order valence-corrected chi connectivity index (χ0v) is 18.0. The van der Waals surface area contributed by atoms with Gasteiger partial charge in [-0.1, -0.05) is 68.7 Å². The van der Waals surface area contributed by atoms with Crippen LogP contribution in [0.2, 0.25) is 0 Å². The molecule has 0 aliphatic carbocycles. The summed E-state index contributed by atoms with van der Waals surface area (Å²) in [6.07, 6.45) is 5.06. The Labute approximate surface area is 171 Å². The van der Waals surface area contributed by atoms with Gasteiger partial charge < -0.3 is 14.6 Å². The van der Waals surface area contributed by atoms with Gasteiger partial charge in [0.05, 0.1) is 11.2 Å². The number of benzene rings is 2. The lowest BCUT2D eigenvalue weighted by atomic mass is 9.78. The molecule has 0 unspecified atom stereocenters. The summed E-state index contributed by atoms with van der Waals surface area (Å²) >= 11 is 0. The summed E-state index contributed by atoms with van der Waals surface area (Å²) in [5.74, 6) is 0. The second kappa shape index (κ2) is 8.71. The molecule has 0 atom stereocenters. The lowest BCUT2D eigenvalue weighted by Gasteiger charge is -2.32. The maximum atomic E-state index is 6.24. The smallest absolute Gasteiger partial charge is 0.399 e. The maximum absolute atomic E-state index is 6.24. The maximum Gasteiger partial charge on any atom is 0.494 e. The van der Waals surface area contributed by atoms with Crippen LogP contribution in [0.4, 0.5) is 5.69 Å². The molecule has 28 heavy (non-hydrogen) atoms. The van der Waals surface area contributed by atoms with Crippen LogP contribution in [0.25, 0.3) is 11.1 Å². The predicted molar refractivity (Wildman–Crippen MR) is 120 cm³/mol. The first-order valence-electron chi connectivity index (χ1n) is 10.6. The first kappa shape index (κ1) is 20.9. The van der Waals surface area contributed by atoms with Gasteiger partial charge in [-0.15, -0.1) is 0 Å². The van der Waals surface area contributed by atoms with Crippen LogP contribution in [0, 0.1) is 0 Å². The normalized spacial score (nSPS) is 17.7. The van der Waals surface area contributed by atoms with E-state index in [-0.39, 0.29) is 18.3 Å². The summed E-state index contributed by atoms with van der Waals surface area (Å²) in [5.41, 5.74) is 4.00. The average Bonchev–Trinajstić information content (AvgIpc) is 2.89. The number of rotatable bonds is 8. The predicted octanol–water partition coefficient (Wildman–Crippen LogP) is 5.65. The first-order valence-corrected chi connectivity index (χ1v) is 10.6. The fraction of sp³-hybridized carbons (Fsp3) is 0.500. The minimum atomic E-state index is -0.334. The molecule has 4 heteroatoms. The van der Waals surface area contributed by atoms with Gasteiger partial charge in [-0.05, 0) is 51.2 Å². The molecule has 3 rings (SSSR count). The molecule has 1 N–H and O–H groups in total. The number of hydrogen-bond donors (Lipinski definition) is 1. The summed E-state index contributed by atoms with van der Waals surface area (Å²) < 4.78 is 12.5. The first-order chi connectivity index (χ1) is 13.3. The molecule has 1 saturated heterocycles. The van der Waals surface area contributed by atoms with Gasteiger partial charge in [-0.3, -0.25) is 0 Å². The van der Waals surface area contributed by atoms with Crippen LogP contribution in [0.1, 0.15) is 60.3 Å². The molecule has 0 bridgehead atoms. The van der Waals surface area contributed by atoms with Gasteiger partial charge in [0.2, 0.25) is 0 Å². The summed E-state index contributed by atoms with van der Waals surface area (Å²) in [7, 11) is -0.334. The SMILES string of the molecule is CCCCCCNc1ccccc1-c1cccc(B2OC(C)(C)C(C)(C)O2)c1. The van der Waals surface area contributed by atoms with E-state index < -0.39 is 0 Å². The van der Waals surface area contributed by atoms with Crippen molar-refractivity contribution in [1.29, 1.82) is 0 Å². The van der Waals surface area contributed by atoms with Crippen molar-refractivity contribution in [1.82, 2.24) is 0 Å². The van der Waals surface area contributed by atoms with Gasteiger partial charge in [0.25, 0.3) is 0 Å². The highest BCUT2D eigenvalue weighted by Crippen LogP contribution is 2.37. The molecule has 150 valence electrons. The van der Waals surface area contributed by atoms with Crippen LogP contribution in [0.5, 0.6) is 0 Å². The van der Waals surface area contributed by atoms with Gasteiger partial charge in [-0.25, -0.2) is 0 Å². The molecular weight excluding hydrogens is 345 g/mol. The molecular formula is C24H34BNO2. The van der Waals surface area contributed by atoms with E-state index in [0.29, 0.717) is 0 Å². The molecule has 3 nitrogen and oxygen atoms in total.